The van der Waals surface area contributed by atoms with Gasteiger partial charge in [0.1, 0.15) is 11.8 Å². The molecule has 1 aromatic heterocycles. The van der Waals surface area contributed by atoms with E-state index < -0.39 is 12.0 Å². The van der Waals surface area contributed by atoms with Crippen molar-refractivity contribution in [3.05, 3.63) is 46.8 Å². The van der Waals surface area contributed by atoms with Crippen molar-refractivity contribution in [2.24, 2.45) is 0 Å². The van der Waals surface area contributed by atoms with Crippen molar-refractivity contribution in [1.82, 2.24) is 15.1 Å². The summed E-state index contributed by atoms with van der Waals surface area (Å²) in [6.07, 6.45) is 10.2. The van der Waals surface area contributed by atoms with Gasteiger partial charge >= 0.3 is 5.97 Å². The Morgan fingerprint density at radius 1 is 1.13 bits per heavy atom. The summed E-state index contributed by atoms with van der Waals surface area (Å²) in [4.78, 5) is 25.6. The molecule has 166 valence electrons. The first-order chi connectivity index (χ1) is 15.1. The van der Waals surface area contributed by atoms with Crippen LogP contribution < -0.4 is 5.32 Å². The number of benzene rings is 1. The molecule has 2 aliphatic carbocycles. The van der Waals surface area contributed by atoms with E-state index in [1.165, 1.54) is 32.1 Å². The number of phenols is 1. The minimum absolute atomic E-state index is 0.155. The van der Waals surface area contributed by atoms with Gasteiger partial charge in [-0.05, 0) is 56.2 Å². The fourth-order valence-electron chi connectivity index (χ4n) is 4.87. The topological polar surface area (TPSA) is 93.4 Å². The Hall–Kier alpha value is -2.83. The van der Waals surface area contributed by atoms with Crippen LogP contribution in [0.25, 0.3) is 0 Å². The molecule has 1 heterocycles. The molecule has 1 aromatic carbocycles. The van der Waals surface area contributed by atoms with Crippen LogP contribution in [0.1, 0.15) is 78.3 Å². The summed E-state index contributed by atoms with van der Waals surface area (Å²) < 4.78 is 7.05. The minimum Gasteiger partial charge on any atom is -0.508 e. The van der Waals surface area contributed by atoms with Crippen LogP contribution in [0.4, 0.5) is 0 Å². The summed E-state index contributed by atoms with van der Waals surface area (Å²) >= 11 is 0. The third-order valence-corrected chi connectivity index (χ3v) is 6.51. The van der Waals surface area contributed by atoms with Crippen LogP contribution in [0.5, 0.6) is 5.75 Å². The summed E-state index contributed by atoms with van der Waals surface area (Å²) in [6, 6.07) is 6.15. The van der Waals surface area contributed by atoms with E-state index in [1.807, 2.05) is 0 Å². The summed E-state index contributed by atoms with van der Waals surface area (Å²) in [5.74, 6) is -0.661. The highest BCUT2D eigenvalue weighted by atomic mass is 16.5. The highest BCUT2D eigenvalue weighted by Gasteiger charge is 2.31. The molecular weight excluding hydrogens is 394 g/mol. The minimum atomic E-state index is -0.818. The normalized spacial score (nSPS) is 17.6. The number of phenolic OH excluding ortho intramolecular Hbond substituents is 1. The molecule has 1 saturated carbocycles. The van der Waals surface area contributed by atoms with Gasteiger partial charge in [-0.15, -0.1) is 0 Å². The second-order valence-electron chi connectivity index (χ2n) is 8.64. The molecule has 2 aromatic rings. The molecule has 7 nitrogen and oxygen atoms in total. The Labute approximate surface area is 182 Å². The van der Waals surface area contributed by atoms with E-state index in [-0.39, 0.29) is 18.1 Å². The maximum atomic E-state index is 13.3. The molecule has 1 atom stereocenters. The molecule has 31 heavy (non-hydrogen) atoms. The zero-order valence-electron chi connectivity index (χ0n) is 18.1. The van der Waals surface area contributed by atoms with E-state index in [1.54, 1.807) is 24.3 Å². The van der Waals surface area contributed by atoms with Crippen LogP contribution >= 0.6 is 0 Å². The summed E-state index contributed by atoms with van der Waals surface area (Å²) in [6.45, 7) is 0. The van der Waals surface area contributed by atoms with Crippen molar-refractivity contribution >= 4 is 11.9 Å². The Balaban J connectivity index is 1.57. The number of carbonyl (C=O) groups excluding carboxylic acids is 2. The largest absolute Gasteiger partial charge is 0.508 e. The van der Waals surface area contributed by atoms with Crippen LogP contribution in [0.3, 0.4) is 0 Å². The molecule has 1 unspecified atom stereocenters. The Morgan fingerprint density at radius 2 is 1.84 bits per heavy atom. The lowest BCUT2D eigenvalue weighted by Crippen LogP contribution is -2.43. The molecule has 2 aliphatic rings. The van der Waals surface area contributed by atoms with Crippen molar-refractivity contribution in [2.75, 3.05) is 7.11 Å². The van der Waals surface area contributed by atoms with Crippen molar-refractivity contribution < 1.29 is 19.4 Å². The first-order valence-electron chi connectivity index (χ1n) is 11.3. The number of fused-ring (bicyclic) bond motifs is 1. The third kappa shape index (κ3) is 4.75. The molecule has 0 saturated heterocycles. The van der Waals surface area contributed by atoms with Gasteiger partial charge in [0.25, 0.3) is 5.91 Å². The van der Waals surface area contributed by atoms with Crippen molar-refractivity contribution in [3.8, 4) is 5.75 Å². The zero-order chi connectivity index (χ0) is 21.8. The van der Waals surface area contributed by atoms with Gasteiger partial charge in [0.2, 0.25) is 0 Å². The molecular formula is C24H31N3O4. The number of aromatic nitrogens is 2. The maximum absolute atomic E-state index is 13.3. The number of hydrogen-bond acceptors (Lipinski definition) is 5. The van der Waals surface area contributed by atoms with Gasteiger partial charge in [0.15, 0.2) is 5.69 Å². The van der Waals surface area contributed by atoms with E-state index in [0.29, 0.717) is 11.7 Å². The Bertz CT molecular complexity index is 929. The molecule has 0 radical (unpaired) electrons. The van der Waals surface area contributed by atoms with Crippen molar-refractivity contribution in [3.63, 3.8) is 0 Å². The quantitative estimate of drug-likeness (QED) is 0.691. The zero-order valence-corrected chi connectivity index (χ0v) is 18.1. The predicted molar refractivity (Wildman–Crippen MR) is 116 cm³/mol. The number of rotatable bonds is 6. The lowest BCUT2D eigenvalue weighted by molar-refractivity contribution is -0.142. The number of aromatic hydroxyl groups is 1. The van der Waals surface area contributed by atoms with Gasteiger partial charge in [-0.25, -0.2) is 4.79 Å². The summed E-state index contributed by atoms with van der Waals surface area (Å²) in [5, 5.41) is 17.1. The first-order valence-corrected chi connectivity index (χ1v) is 11.3. The van der Waals surface area contributed by atoms with Crippen LogP contribution in [-0.2, 0) is 28.8 Å². The summed E-state index contributed by atoms with van der Waals surface area (Å²) in [5.41, 5.74) is 3.53. The van der Waals surface area contributed by atoms with Crippen LogP contribution in [-0.4, -0.2) is 39.9 Å². The molecule has 2 N–H and O–H groups in total. The fraction of sp³-hybridized carbons (Fsp3) is 0.542. The smallest absolute Gasteiger partial charge is 0.328 e. The fourth-order valence-corrected chi connectivity index (χ4v) is 4.87. The van der Waals surface area contributed by atoms with Gasteiger partial charge in [-0.2, -0.15) is 5.10 Å². The molecule has 1 amide bonds. The predicted octanol–water partition coefficient (Wildman–Crippen LogP) is 3.49. The molecule has 7 heteroatoms. The highest BCUT2D eigenvalue weighted by Crippen LogP contribution is 2.33. The SMILES string of the molecule is COC(=O)C(Cc1ccc(O)cc1)NC(=O)c1nn(C2CCCCC2)c2c1CCCC2. The first kappa shape index (κ1) is 21.4. The van der Waals surface area contributed by atoms with Gasteiger partial charge in [-0.1, -0.05) is 31.4 Å². The van der Waals surface area contributed by atoms with E-state index >= 15 is 0 Å². The number of nitrogens with zero attached hydrogens (tertiary/aromatic N) is 2. The average Bonchev–Trinajstić information content (AvgIpc) is 3.20. The van der Waals surface area contributed by atoms with Crippen LogP contribution in [0, 0.1) is 0 Å². The summed E-state index contributed by atoms with van der Waals surface area (Å²) in [7, 11) is 1.32. The van der Waals surface area contributed by atoms with Crippen LogP contribution in [0.2, 0.25) is 0 Å². The number of nitrogens with one attached hydrogen (secondary N) is 1. The van der Waals surface area contributed by atoms with Crippen LogP contribution in [0.15, 0.2) is 24.3 Å². The lowest BCUT2D eigenvalue weighted by atomic mass is 9.92. The van der Waals surface area contributed by atoms with Crippen molar-refractivity contribution in [1.29, 1.82) is 0 Å². The highest BCUT2D eigenvalue weighted by molar-refractivity contribution is 5.96. The molecule has 0 spiro atoms. The lowest BCUT2D eigenvalue weighted by Gasteiger charge is -2.25. The van der Waals surface area contributed by atoms with Gasteiger partial charge in [-0.3, -0.25) is 9.48 Å². The van der Waals surface area contributed by atoms with Crippen molar-refractivity contribution in [2.45, 2.75) is 76.3 Å². The van der Waals surface area contributed by atoms with Gasteiger partial charge < -0.3 is 15.2 Å². The van der Waals surface area contributed by atoms with E-state index in [4.69, 9.17) is 9.84 Å². The number of hydrogen-bond donors (Lipinski definition) is 2. The van der Waals surface area contributed by atoms with E-state index in [9.17, 15) is 14.7 Å². The number of ether oxygens (including phenoxy) is 1. The second kappa shape index (κ2) is 9.54. The Kier molecular flexibility index (Phi) is 6.59. The molecule has 0 aliphatic heterocycles. The monoisotopic (exact) mass is 425 g/mol. The molecule has 0 bridgehead atoms. The van der Waals surface area contributed by atoms with Gasteiger partial charge in [0.05, 0.1) is 13.2 Å². The molecule has 1 fully saturated rings. The van der Waals surface area contributed by atoms with E-state index in [2.05, 4.69) is 10.00 Å². The number of carbonyl (C=O) groups is 2. The third-order valence-electron chi connectivity index (χ3n) is 6.51. The maximum Gasteiger partial charge on any atom is 0.328 e. The molecule has 4 rings (SSSR count). The second-order valence-corrected chi connectivity index (χ2v) is 8.64. The number of esters is 1. The van der Waals surface area contributed by atoms with E-state index in [0.717, 1.165) is 49.7 Å². The number of amides is 1. The number of methoxy groups -OCH3 is 1. The standard InChI is InChI=1S/C24H31N3O4/c1-31-24(30)20(15-16-11-13-18(28)14-12-16)25-23(29)22-19-9-5-6-10-21(19)27(26-22)17-7-3-2-4-8-17/h11-14,17,20,28H,2-10,15H2,1H3,(H,25,29). The Morgan fingerprint density at radius 3 is 2.55 bits per heavy atom. The average molecular weight is 426 g/mol. The van der Waals surface area contributed by atoms with Gasteiger partial charge in [0, 0.05) is 17.7 Å².